The number of halogens is 2. The monoisotopic (exact) mass is 272 g/mol. The van der Waals surface area contributed by atoms with Gasteiger partial charge in [-0.15, -0.1) is 0 Å². The molecule has 0 spiro atoms. The van der Waals surface area contributed by atoms with Gasteiger partial charge in [-0.3, -0.25) is 9.59 Å². The van der Waals surface area contributed by atoms with Gasteiger partial charge in [0.25, 0.3) is 5.91 Å². The molecule has 2 amide bonds. The SMILES string of the molecule is CCCNC(=O)CNC(=O)c1c(F)cccc1Cl. The molecule has 0 fully saturated rings. The highest BCUT2D eigenvalue weighted by atomic mass is 35.5. The van der Waals surface area contributed by atoms with Crippen molar-refractivity contribution in [3.63, 3.8) is 0 Å². The van der Waals surface area contributed by atoms with Gasteiger partial charge in [-0.1, -0.05) is 24.6 Å². The number of nitrogens with one attached hydrogen (secondary N) is 2. The largest absolute Gasteiger partial charge is 0.355 e. The quantitative estimate of drug-likeness (QED) is 0.858. The van der Waals surface area contributed by atoms with Crippen LogP contribution in [-0.4, -0.2) is 24.9 Å². The molecular weight excluding hydrogens is 259 g/mol. The molecule has 0 unspecified atom stereocenters. The number of carbonyl (C=O) groups is 2. The molecule has 2 N–H and O–H groups in total. The van der Waals surface area contributed by atoms with Crippen LogP contribution in [0.4, 0.5) is 4.39 Å². The van der Waals surface area contributed by atoms with Crippen molar-refractivity contribution in [1.29, 1.82) is 0 Å². The highest BCUT2D eigenvalue weighted by Gasteiger charge is 2.15. The van der Waals surface area contributed by atoms with Crippen LogP contribution in [0.3, 0.4) is 0 Å². The van der Waals surface area contributed by atoms with Crippen LogP contribution in [0.15, 0.2) is 18.2 Å². The van der Waals surface area contributed by atoms with Crippen LogP contribution in [0.2, 0.25) is 5.02 Å². The molecule has 0 atom stereocenters. The van der Waals surface area contributed by atoms with Crippen molar-refractivity contribution in [3.8, 4) is 0 Å². The van der Waals surface area contributed by atoms with E-state index in [1.54, 1.807) is 0 Å². The minimum atomic E-state index is -0.714. The molecule has 0 radical (unpaired) electrons. The smallest absolute Gasteiger partial charge is 0.256 e. The summed E-state index contributed by atoms with van der Waals surface area (Å²) < 4.78 is 13.4. The first kappa shape index (κ1) is 14.4. The maximum atomic E-state index is 13.4. The van der Waals surface area contributed by atoms with Gasteiger partial charge in [-0.2, -0.15) is 0 Å². The fourth-order valence-electron chi connectivity index (χ4n) is 1.29. The second-order valence-corrected chi connectivity index (χ2v) is 4.04. The molecule has 0 aliphatic heterocycles. The Labute approximate surface area is 110 Å². The van der Waals surface area contributed by atoms with E-state index in [1.165, 1.54) is 12.1 Å². The Bertz CT molecular complexity index is 431. The van der Waals surface area contributed by atoms with Crippen molar-refractivity contribution in [1.82, 2.24) is 10.6 Å². The molecule has 18 heavy (non-hydrogen) atoms. The number of benzene rings is 1. The van der Waals surface area contributed by atoms with Crippen LogP contribution in [0, 0.1) is 5.82 Å². The summed E-state index contributed by atoms with van der Waals surface area (Å²) in [6.45, 7) is 2.25. The van der Waals surface area contributed by atoms with Crippen LogP contribution >= 0.6 is 11.6 Å². The van der Waals surface area contributed by atoms with Gasteiger partial charge in [-0.05, 0) is 18.6 Å². The van der Waals surface area contributed by atoms with E-state index < -0.39 is 11.7 Å². The molecule has 0 aliphatic carbocycles. The van der Waals surface area contributed by atoms with Crippen molar-refractivity contribution in [2.45, 2.75) is 13.3 Å². The molecule has 98 valence electrons. The molecule has 1 aromatic rings. The predicted molar refractivity (Wildman–Crippen MR) is 67.0 cm³/mol. The van der Waals surface area contributed by atoms with Crippen molar-refractivity contribution < 1.29 is 14.0 Å². The van der Waals surface area contributed by atoms with E-state index >= 15 is 0 Å². The highest BCUT2D eigenvalue weighted by molar-refractivity contribution is 6.33. The van der Waals surface area contributed by atoms with Crippen molar-refractivity contribution in [3.05, 3.63) is 34.6 Å². The van der Waals surface area contributed by atoms with E-state index in [-0.39, 0.29) is 23.0 Å². The van der Waals surface area contributed by atoms with E-state index in [0.29, 0.717) is 6.54 Å². The van der Waals surface area contributed by atoms with E-state index in [4.69, 9.17) is 11.6 Å². The molecule has 0 aliphatic rings. The summed E-state index contributed by atoms with van der Waals surface area (Å²) >= 11 is 5.72. The first-order valence-electron chi connectivity index (χ1n) is 5.55. The normalized spacial score (nSPS) is 9.94. The number of carbonyl (C=O) groups excluding carboxylic acids is 2. The van der Waals surface area contributed by atoms with Gasteiger partial charge >= 0.3 is 0 Å². The fourth-order valence-corrected chi connectivity index (χ4v) is 1.54. The molecule has 0 bridgehead atoms. The molecule has 0 saturated heterocycles. The first-order valence-corrected chi connectivity index (χ1v) is 5.93. The molecule has 6 heteroatoms. The highest BCUT2D eigenvalue weighted by Crippen LogP contribution is 2.18. The van der Waals surface area contributed by atoms with Gasteiger partial charge in [0.1, 0.15) is 5.82 Å². The van der Waals surface area contributed by atoms with Crippen LogP contribution in [-0.2, 0) is 4.79 Å². The average Bonchev–Trinajstić information content (AvgIpc) is 2.33. The van der Waals surface area contributed by atoms with Gasteiger partial charge in [-0.25, -0.2) is 4.39 Å². The fraction of sp³-hybridized carbons (Fsp3) is 0.333. The lowest BCUT2D eigenvalue weighted by molar-refractivity contribution is -0.120. The van der Waals surface area contributed by atoms with E-state index in [0.717, 1.165) is 12.5 Å². The second-order valence-electron chi connectivity index (χ2n) is 3.63. The molecular formula is C12H14ClFN2O2. The lowest BCUT2D eigenvalue weighted by Gasteiger charge is -2.07. The Balaban J connectivity index is 2.58. The van der Waals surface area contributed by atoms with E-state index in [9.17, 15) is 14.0 Å². The lowest BCUT2D eigenvalue weighted by Crippen LogP contribution is -2.37. The summed E-state index contributed by atoms with van der Waals surface area (Å²) in [6.07, 6.45) is 0.804. The Morgan fingerprint density at radius 2 is 2.06 bits per heavy atom. The summed E-state index contributed by atoms with van der Waals surface area (Å²) in [5, 5.41) is 4.92. The molecule has 1 rings (SSSR count). The predicted octanol–water partition coefficient (Wildman–Crippen LogP) is 1.74. The molecule has 0 saturated carbocycles. The molecule has 1 aromatic carbocycles. The Hall–Kier alpha value is -1.62. The Morgan fingerprint density at radius 3 is 2.67 bits per heavy atom. The topological polar surface area (TPSA) is 58.2 Å². The third-order valence-corrected chi connectivity index (χ3v) is 2.49. The molecule has 0 aromatic heterocycles. The van der Waals surface area contributed by atoms with Crippen LogP contribution in [0.1, 0.15) is 23.7 Å². The first-order chi connectivity index (χ1) is 8.56. The summed E-state index contributed by atoms with van der Waals surface area (Å²) in [4.78, 5) is 22.9. The zero-order valence-electron chi connectivity index (χ0n) is 9.93. The van der Waals surface area contributed by atoms with Crippen molar-refractivity contribution in [2.24, 2.45) is 0 Å². The maximum absolute atomic E-state index is 13.4. The summed E-state index contributed by atoms with van der Waals surface area (Å²) in [7, 11) is 0. The third kappa shape index (κ3) is 4.00. The van der Waals surface area contributed by atoms with E-state index in [2.05, 4.69) is 10.6 Å². The third-order valence-electron chi connectivity index (χ3n) is 2.17. The summed E-state index contributed by atoms with van der Waals surface area (Å²) in [5.41, 5.74) is -0.248. The number of rotatable bonds is 5. The van der Waals surface area contributed by atoms with Crippen molar-refractivity contribution in [2.75, 3.05) is 13.1 Å². The Kier molecular flexibility index (Phi) is 5.58. The van der Waals surface area contributed by atoms with Crippen LogP contribution < -0.4 is 10.6 Å². The molecule has 4 nitrogen and oxygen atoms in total. The summed E-state index contributed by atoms with van der Waals surface area (Å²) in [5.74, 6) is -1.74. The van der Waals surface area contributed by atoms with Gasteiger partial charge in [0.15, 0.2) is 0 Å². The minimum Gasteiger partial charge on any atom is -0.355 e. The number of hydrogen-bond donors (Lipinski definition) is 2. The zero-order valence-corrected chi connectivity index (χ0v) is 10.7. The Morgan fingerprint density at radius 1 is 1.33 bits per heavy atom. The van der Waals surface area contributed by atoms with E-state index in [1.807, 2.05) is 6.92 Å². The summed E-state index contributed by atoms with van der Waals surface area (Å²) in [6, 6.07) is 3.96. The standard InChI is InChI=1S/C12H14ClFN2O2/c1-2-6-15-10(17)7-16-12(18)11-8(13)4-3-5-9(11)14/h3-5H,2,6-7H2,1H3,(H,15,17)(H,16,18). The minimum absolute atomic E-state index is 0.0152. The average molecular weight is 273 g/mol. The van der Waals surface area contributed by atoms with Gasteiger partial charge < -0.3 is 10.6 Å². The number of amides is 2. The van der Waals surface area contributed by atoms with Crippen LogP contribution in [0.5, 0.6) is 0 Å². The van der Waals surface area contributed by atoms with Crippen molar-refractivity contribution >= 4 is 23.4 Å². The lowest BCUT2D eigenvalue weighted by atomic mass is 10.2. The van der Waals surface area contributed by atoms with Crippen LogP contribution in [0.25, 0.3) is 0 Å². The maximum Gasteiger partial charge on any atom is 0.256 e. The van der Waals surface area contributed by atoms with Gasteiger partial charge in [0.05, 0.1) is 17.1 Å². The van der Waals surface area contributed by atoms with Gasteiger partial charge in [0.2, 0.25) is 5.91 Å². The number of hydrogen-bond acceptors (Lipinski definition) is 2. The zero-order chi connectivity index (χ0) is 13.5. The molecule has 0 heterocycles. The van der Waals surface area contributed by atoms with Gasteiger partial charge in [0, 0.05) is 6.54 Å². The second kappa shape index (κ2) is 6.96.